The van der Waals surface area contributed by atoms with Crippen LogP contribution in [0.25, 0.3) is 0 Å². The van der Waals surface area contributed by atoms with Crippen molar-refractivity contribution in [2.45, 2.75) is 26.1 Å². The minimum absolute atomic E-state index is 0.145. The first-order valence-corrected chi connectivity index (χ1v) is 8.98. The van der Waals surface area contributed by atoms with Gasteiger partial charge in [-0.3, -0.25) is 9.79 Å². The molecule has 0 bridgehead atoms. The monoisotopic (exact) mass is 399 g/mol. The number of rotatable bonds is 6. The van der Waals surface area contributed by atoms with Crippen LogP contribution in [0.4, 0.5) is 18.9 Å². The summed E-state index contributed by atoms with van der Waals surface area (Å²) in [7, 11) is 1.61. The van der Waals surface area contributed by atoms with E-state index in [9.17, 15) is 18.0 Å². The Morgan fingerprint density at radius 2 is 2.07 bits per heavy atom. The number of benzene rings is 1. The van der Waals surface area contributed by atoms with Crippen molar-refractivity contribution in [2.75, 3.05) is 18.9 Å². The molecule has 1 aromatic carbocycles. The van der Waals surface area contributed by atoms with E-state index in [1.54, 1.807) is 13.1 Å². The molecule has 1 aromatic heterocycles. The molecule has 10 heteroatoms. The number of alkyl halides is 3. The van der Waals surface area contributed by atoms with Crippen molar-refractivity contribution < 1.29 is 18.0 Å². The zero-order valence-corrected chi connectivity index (χ0v) is 15.7. The van der Waals surface area contributed by atoms with Gasteiger partial charge in [0, 0.05) is 44.5 Å². The Bertz CT molecular complexity index is 804. The number of hydrogen-bond donors (Lipinski definition) is 3. The summed E-state index contributed by atoms with van der Waals surface area (Å²) in [5, 5.41) is 10.3. The van der Waals surface area contributed by atoms with E-state index in [1.165, 1.54) is 6.92 Å². The first-order chi connectivity index (χ1) is 12.8. The third-order valence-electron chi connectivity index (χ3n) is 3.40. The largest absolute Gasteiger partial charge is 0.434 e. The van der Waals surface area contributed by atoms with Crippen molar-refractivity contribution in [2.24, 2.45) is 4.99 Å². The molecule has 1 heterocycles. The van der Waals surface area contributed by atoms with Gasteiger partial charge < -0.3 is 16.0 Å². The number of guanidine groups is 1. The number of nitrogens with one attached hydrogen (secondary N) is 3. The summed E-state index contributed by atoms with van der Waals surface area (Å²) in [4.78, 5) is 18.8. The molecule has 2 aromatic rings. The summed E-state index contributed by atoms with van der Waals surface area (Å²) >= 11 is 0.986. The van der Waals surface area contributed by atoms with Crippen LogP contribution in [-0.2, 0) is 23.9 Å². The van der Waals surface area contributed by atoms with E-state index in [2.05, 4.69) is 25.9 Å². The van der Waals surface area contributed by atoms with E-state index in [4.69, 9.17) is 0 Å². The molecule has 2 rings (SSSR count). The molecule has 0 unspecified atom stereocenters. The predicted octanol–water partition coefficient (Wildman–Crippen LogP) is 3.03. The second-order valence-electron chi connectivity index (χ2n) is 5.61. The van der Waals surface area contributed by atoms with E-state index < -0.39 is 11.9 Å². The lowest BCUT2D eigenvalue weighted by molar-refractivity contribution is -0.140. The molecule has 3 N–H and O–H groups in total. The molecular weight excluding hydrogens is 379 g/mol. The first kappa shape index (κ1) is 20.7. The lowest BCUT2D eigenvalue weighted by Crippen LogP contribution is -2.37. The molecule has 0 saturated carbocycles. The van der Waals surface area contributed by atoms with Gasteiger partial charge in [0.1, 0.15) is 0 Å². The highest BCUT2D eigenvalue weighted by molar-refractivity contribution is 7.09. The van der Waals surface area contributed by atoms with Crippen molar-refractivity contribution >= 4 is 28.9 Å². The molecule has 0 aliphatic heterocycles. The summed E-state index contributed by atoms with van der Waals surface area (Å²) in [6.45, 7) is 2.32. The Morgan fingerprint density at radius 1 is 1.30 bits per heavy atom. The Labute approximate surface area is 158 Å². The first-order valence-electron chi connectivity index (χ1n) is 8.10. The predicted molar refractivity (Wildman–Crippen MR) is 99.8 cm³/mol. The number of halogens is 3. The van der Waals surface area contributed by atoms with Crippen molar-refractivity contribution in [1.29, 1.82) is 0 Å². The van der Waals surface area contributed by atoms with Crippen molar-refractivity contribution in [3.8, 4) is 0 Å². The zero-order chi connectivity index (χ0) is 19.9. The van der Waals surface area contributed by atoms with E-state index in [-0.39, 0.29) is 5.91 Å². The number of amides is 1. The van der Waals surface area contributed by atoms with Crippen LogP contribution < -0.4 is 16.0 Å². The van der Waals surface area contributed by atoms with Gasteiger partial charge >= 0.3 is 6.18 Å². The number of anilines is 1. The van der Waals surface area contributed by atoms with Crippen LogP contribution in [0.15, 0.2) is 34.6 Å². The highest BCUT2D eigenvalue weighted by Gasteiger charge is 2.33. The smallest absolute Gasteiger partial charge is 0.356 e. The molecule has 0 aliphatic rings. The van der Waals surface area contributed by atoms with Gasteiger partial charge in [-0.1, -0.05) is 12.1 Å². The highest BCUT2D eigenvalue weighted by Crippen LogP contribution is 2.29. The molecule has 146 valence electrons. The minimum Gasteiger partial charge on any atom is -0.356 e. The van der Waals surface area contributed by atoms with Gasteiger partial charge in [0.2, 0.25) is 5.91 Å². The Kier molecular flexibility index (Phi) is 7.17. The number of carbonyl (C=O) groups excluding carboxylic acids is 1. The second kappa shape index (κ2) is 9.36. The maximum Gasteiger partial charge on any atom is 0.434 e. The summed E-state index contributed by atoms with van der Waals surface area (Å²) < 4.78 is 37.6. The number of thiazole rings is 1. The Balaban J connectivity index is 1.81. The SMILES string of the molecule is CN=C(NCCc1nc(C(F)(F)F)cs1)NCc1cccc(NC(C)=O)c1. The second-order valence-corrected chi connectivity index (χ2v) is 6.55. The van der Waals surface area contributed by atoms with Crippen molar-refractivity contribution in [1.82, 2.24) is 15.6 Å². The number of aromatic nitrogens is 1. The van der Waals surface area contributed by atoms with Gasteiger partial charge in [-0.05, 0) is 17.7 Å². The number of aliphatic imine (C=N–C) groups is 1. The summed E-state index contributed by atoms with van der Waals surface area (Å²) in [6.07, 6.45) is -4.05. The fraction of sp³-hybridized carbons (Fsp3) is 0.353. The van der Waals surface area contributed by atoms with Gasteiger partial charge in [0.15, 0.2) is 11.7 Å². The van der Waals surface area contributed by atoms with Crippen LogP contribution in [-0.4, -0.2) is 30.4 Å². The molecule has 1 amide bonds. The normalized spacial score (nSPS) is 12.0. The maximum absolute atomic E-state index is 12.5. The molecule has 0 aliphatic carbocycles. The van der Waals surface area contributed by atoms with Crippen LogP contribution in [0.5, 0.6) is 0 Å². The van der Waals surface area contributed by atoms with Crippen LogP contribution in [0.3, 0.4) is 0 Å². The standard InChI is InChI=1S/C17H20F3N5OS/c1-11(26)24-13-5-3-4-12(8-13)9-23-16(21-2)22-7-6-15-25-14(10-27-15)17(18,19)20/h3-5,8,10H,6-7,9H2,1-2H3,(H,24,26)(H2,21,22,23). The van der Waals surface area contributed by atoms with Crippen LogP contribution in [0.2, 0.25) is 0 Å². The van der Waals surface area contributed by atoms with Crippen molar-refractivity contribution in [3.63, 3.8) is 0 Å². The molecule has 27 heavy (non-hydrogen) atoms. The molecule has 6 nitrogen and oxygen atoms in total. The number of carbonyl (C=O) groups is 1. The van der Waals surface area contributed by atoms with E-state index >= 15 is 0 Å². The third kappa shape index (κ3) is 6.89. The molecule has 0 saturated heterocycles. The Hall–Kier alpha value is -2.62. The lowest BCUT2D eigenvalue weighted by atomic mass is 10.2. The summed E-state index contributed by atoms with van der Waals surface area (Å²) in [5.41, 5.74) is 0.789. The highest BCUT2D eigenvalue weighted by atomic mass is 32.1. The van der Waals surface area contributed by atoms with Crippen LogP contribution in [0, 0.1) is 0 Å². The minimum atomic E-state index is -4.41. The van der Waals surface area contributed by atoms with Crippen molar-refractivity contribution in [3.05, 3.63) is 45.9 Å². The average Bonchev–Trinajstić information content (AvgIpc) is 3.07. The average molecular weight is 399 g/mol. The lowest BCUT2D eigenvalue weighted by Gasteiger charge is -2.12. The molecule has 0 spiro atoms. The molecule has 0 fully saturated rings. The molecule has 0 atom stereocenters. The maximum atomic E-state index is 12.5. The summed E-state index contributed by atoms with van der Waals surface area (Å²) in [5.74, 6) is 0.376. The van der Waals surface area contributed by atoms with Gasteiger partial charge in [-0.25, -0.2) is 4.98 Å². The van der Waals surface area contributed by atoms with E-state index in [0.717, 1.165) is 22.3 Å². The van der Waals surface area contributed by atoms with Gasteiger partial charge in [-0.2, -0.15) is 13.2 Å². The molecule has 0 radical (unpaired) electrons. The third-order valence-corrected chi connectivity index (χ3v) is 4.31. The quantitative estimate of drug-likeness (QED) is 0.515. The number of hydrogen-bond acceptors (Lipinski definition) is 4. The van der Waals surface area contributed by atoms with Crippen LogP contribution in [0.1, 0.15) is 23.2 Å². The van der Waals surface area contributed by atoms with Crippen LogP contribution >= 0.6 is 11.3 Å². The number of nitrogens with zero attached hydrogens (tertiary/aromatic N) is 2. The zero-order valence-electron chi connectivity index (χ0n) is 14.9. The van der Waals surface area contributed by atoms with Gasteiger partial charge in [0.25, 0.3) is 0 Å². The molecular formula is C17H20F3N5OS. The fourth-order valence-corrected chi connectivity index (χ4v) is 3.02. The fourth-order valence-electron chi connectivity index (χ4n) is 2.21. The van der Waals surface area contributed by atoms with Gasteiger partial charge in [-0.15, -0.1) is 11.3 Å². The van der Waals surface area contributed by atoms with E-state index in [1.807, 2.05) is 18.2 Å². The van der Waals surface area contributed by atoms with E-state index in [0.29, 0.717) is 36.2 Å². The van der Waals surface area contributed by atoms with Gasteiger partial charge in [0.05, 0.1) is 5.01 Å². The topological polar surface area (TPSA) is 78.4 Å². The Morgan fingerprint density at radius 3 is 2.70 bits per heavy atom. The summed E-state index contributed by atoms with van der Waals surface area (Å²) in [6, 6.07) is 7.37.